The Hall–Kier alpha value is -1.36. The van der Waals surface area contributed by atoms with Gasteiger partial charge in [0.1, 0.15) is 0 Å². The molecule has 3 N–H and O–H groups in total. The van der Waals surface area contributed by atoms with Crippen molar-refractivity contribution in [2.45, 2.75) is 32.2 Å². The molecule has 0 aliphatic heterocycles. The van der Waals surface area contributed by atoms with Crippen LogP contribution in [0.2, 0.25) is 0 Å². The van der Waals surface area contributed by atoms with Crippen molar-refractivity contribution in [3.8, 4) is 0 Å². The van der Waals surface area contributed by atoms with Crippen LogP contribution in [0.4, 0.5) is 0 Å². The molecule has 0 radical (unpaired) electrons. The molecule has 0 saturated heterocycles. The molecule has 0 atom stereocenters. The van der Waals surface area contributed by atoms with Gasteiger partial charge in [0, 0.05) is 16.8 Å². The molecular weight excluding hydrogens is 224 g/mol. The van der Waals surface area contributed by atoms with E-state index in [1.807, 2.05) is 17.5 Å². The lowest BCUT2D eigenvalue weighted by Crippen LogP contribution is -2.46. The van der Waals surface area contributed by atoms with Crippen molar-refractivity contribution < 1.29 is 9.59 Å². The Bertz CT molecular complexity index is 371. The van der Waals surface area contributed by atoms with Gasteiger partial charge in [-0.1, -0.05) is 6.07 Å². The second-order valence-electron chi connectivity index (χ2n) is 4.33. The van der Waals surface area contributed by atoms with Gasteiger partial charge in [0.25, 0.3) is 0 Å². The van der Waals surface area contributed by atoms with Gasteiger partial charge in [-0.25, -0.2) is 0 Å². The van der Waals surface area contributed by atoms with E-state index in [4.69, 9.17) is 5.73 Å². The smallest absolute Gasteiger partial charge is 0.225 e. The number of nitrogens with two attached hydrogens (primary N) is 1. The van der Waals surface area contributed by atoms with Crippen molar-refractivity contribution in [1.29, 1.82) is 0 Å². The fraction of sp³-hybridized carbons (Fsp3) is 0.455. The van der Waals surface area contributed by atoms with Gasteiger partial charge in [-0.3, -0.25) is 9.59 Å². The summed E-state index contributed by atoms with van der Waals surface area (Å²) in [7, 11) is 0. The normalized spacial score (nSPS) is 11.1. The Kier molecular flexibility index (Phi) is 4.06. The van der Waals surface area contributed by atoms with E-state index in [0.29, 0.717) is 6.42 Å². The molecule has 0 bridgehead atoms. The highest BCUT2D eigenvalue weighted by atomic mass is 32.1. The van der Waals surface area contributed by atoms with E-state index in [0.717, 1.165) is 4.88 Å². The van der Waals surface area contributed by atoms with Crippen molar-refractivity contribution in [2.24, 2.45) is 5.73 Å². The monoisotopic (exact) mass is 240 g/mol. The van der Waals surface area contributed by atoms with Gasteiger partial charge in [-0.2, -0.15) is 0 Å². The highest BCUT2D eigenvalue weighted by Gasteiger charge is 2.22. The van der Waals surface area contributed by atoms with E-state index in [1.54, 1.807) is 13.8 Å². The van der Waals surface area contributed by atoms with Crippen LogP contribution in [0.15, 0.2) is 17.5 Å². The minimum Gasteiger partial charge on any atom is -0.370 e. The third kappa shape index (κ3) is 4.44. The Morgan fingerprint density at radius 2 is 2.19 bits per heavy atom. The maximum Gasteiger partial charge on any atom is 0.225 e. The van der Waals surface area contributed by atoms with Crippen LogP contribution < -0.4 is 11.1 Å². The van der Waals surface area contributed by atoms with E-state index >= 15 is 0 Å². The molecule has 0 spiro atoms. The first-order chi connectivity index (χ1) is 7.39. The van der Waals surface area contributed by atoms with E-state index < -0.39 is 11.4 Å². The van der Waals surface area contributed by atoms with Crippen LogP contribution in [0.3, 0.4) is 0 Å². The zero-order chi connectivity index (χ0) is 12.2. The van der Waals surface area contributed by atoms with Crippen LogP contribution in [-0.4, -0.2) is 17.4 Å². The standard InChI is InChI=1S/C11H16N2O2S/c1-11(2,7-9(12)14)13-10(15)6-8-4-3-5-16-8/h3-5H,6-7H2,1-2H3,(H2,12,14)(H,13,15). The molecule has 1 aromatic rings. The van der Waals surface area contributed by atoms with Crippen LogP contribution in [0, 0.1) is 0 Å². The molecule has 1 heterocycles. The summed E-state index contributed by atoms with van der Waals surface area (Å²) in [5, 5.41) is 4.72. The summed E-state index contributed by atoms with van der Waals surface area (Å²) < 4.78 is 0. The van der Waals surface area contributed by atoms with Crippen molar-refractivity contribution in [2.75, 3.05) is 0 Å². The number of hydrogen-bond acceptors (Lipinski definition) is 3. The molecule has 5 heteroatoms. The van der Waals surface area contributed by atoms with Crippen molar-refractivity contribution in [3.05, 3.63) is 22.4 Å². The van der Waals surface area contributed by atoms with Crippen LogP contribution in [-0.2, 0) is 16.0 Å². The fourth-order valence-corrected chi connectivity index (χ4v) is 2.18. The van der Waals surface area contributed by atoms with Crippen molar-refractivity contribution in [3.63, 3.8) is 0 Å². The van der Waals surface area contributed by atoms with Crippen LogP contribution in [0.25, 0.3) is 0 Å². The summed E-state index contributed by atoms with van der Waals surface area (Å²) >= 11 is 1.54. The van der Waals surface area contributed by atoms with Crippen LogP contribution >= 0.6 is 11.3 Å². The second-order valence-corrected chi connectivity index (χ2v) is 5.36. The van der Waals surface area contributed by atoms with Gasteiger partial charge in [-0.05, 0) is 25.3 Å². The van der Waals surface area contributed by atoms with E-state index in [9.17, 15) is 9.59 Å². The maximum atomic E-state index is 11.7. The molecule has 1 rings (SSSR count). The number of nitrogens with one attached hydrogen (secondary N) is 1. The molecular formula is C11H16N2O2S. The zero-order valence-corrected chi connectivity index (χ0v) is 10.3. The lowest BCUT2D eigenvalue weighted by Gasteiger charge is -2.24. The van der Waals surface area contributed by atoms with Gasteiger partial charge in [0.05, 0.1) is 6.42 Å². The number of primary amides is 1. The second kappa shape index (κ2) is 5.12. The topological polar surface area (TPSA) is 72.2 Å². The first-order valence-corrected chi connectivity index (χ1v) is 5.89. The minimum absolute atomic E-state index is 0.0892. The molecule has 0 aliphatic carbocycles. The summed E-state index contributed by atoms with van der Waals surface area (Å²) in [5.74, 6) is -0.505. The number of rotatable bonds is 5. The third-order valence-corrected chi connectivity index (χ3v) is 2.89. The Balaban J connectivity index is 2.47. The average molecular weight is 240 g/mol. The molecule has 1 aromatic heterocycles. The lowest BCUT2D eigenvalue weighted by atomic mass is 10.00. The predicted molar refractivity (Wildman–Crippen MR) is 64.1 cm³/mol. The SMILES string of the molecule is CC(C)(CC(N)=O)NC(=O)Cc1cccs1. The Labute approximate surface area is 98.8 Å². The molecule has 16 heavy (non-hydrogen) atoms. The van der Waals surface area contributed by atoms with Crippen LogP contribution in [0.5, 0.6) is 0 Å². The number of amides is 2. The molecule has 2 amide bonds. The fourth-order valence-electron chi connectivity index (χ4n) is 1.47. The lowest BCUT2D eigenvalue weighted by molar-refractivity contribution is -0.123. The first kappa shape index (κ1) is 12.7. The molecule has 4 nitrogen and oxygen atoms in total. The van der Waals surface area contributed by atoms with E-state index in [1.165, 1.54) is 11.3 Å². The third-order valence-electron chi connectivity index (χ3n) is 2.01. The van der Waals surface area contributed by atoms with Gasteiger partial charge < -0.3 is 11.1 Å². The number of carbonyl (C=O) groups excluding carboxylic acids is 2. The zero-order valence-electron chi connectivity index (χ0n) is 9.45. The molecule has 0 fully saturated rings. The summed E-state index contributed by atoms with van der Waals surface area (Å²) in [5.41, 5.74) is 4.52. The highest BCUT2D eigenvalue weighted by Crippen LogP contribution is 2.11. The number of hydrogen-bond donors (Lipinski definition) is 2. The number of thiophene rings is 1. The van der Waals surface area contributed by atoms with Crippen LogP contribution in [0.1, 0.15) is 25.1 Å². The summed E-state index contributed by atoms with van der Waals surface area (Å²) in [6, 6.07) is 3.81. The summed E-state index contributed by atoms with van der Waals surface area (Å²) in [6.45, 7) is 3.56. The van der Waals surface area contributed by atoms with Crippen molar-refractivity contribution >= 4 is 23.2 Å². The minimum atomic E-state index is -0.583. The van der Waals surface area contributed by atoms with E-state index in [-0.39, 0.29) is 12.3 Å². The van der Waals surface area contributed by atoms with Gasteiger partial charge >= 0.3 is 0 Å². The molecule has 0 unspecified atom stereocenters. The molecule has 0 aliphatic rings. The molecule has 88 valence electrons. The highest BCUT2D eigenvalue weighted by molar-refractivity contribution is 7.10. The Morgan fingerprint density at radius 3 is 2.69 bits per heavy atom. The van der Waals surface area contributed by atoms with Gasteiger partial charge in [-0.15, -0.1) is 11.3 Å². The predicted octanol–water partition coefficient (Wildman–Crippen LogP) is 1.06. The largest absolute Gasteiger partial charge is 0.370 e. The van der Waals surface area contributed by atoms with Gasteiger partial charge in [0.2, 0.25) is 11.8 Å². The number of carbonyl (C=O) groups is 2. The van der Waals surface area contributed by atoms with Crippen molar-refractivity contribution in [1.82, 2.24) is 5.32 Å². The first-order valence-electron chi connectivity index (χ1n) is 5.01. The van der Waals surface area contributed by atoms with E-state index in [2.05, 4.69) is 5.32 Å². The quantitative estimate of drug-likeness (QED) is 0.807. The average Bonchev–Trinajstić information content (AvgIpc) is 2.51. The summed E-state index contributed by atoms with van der Waals surface area (Å²) in [4.78, 5) is 23.4. The summed E-state index contributed by atoms with van der Waals surface area (Å²) in [6.07, 6.45) is 0.489. The maximum absolute atomic E-state index is 11.7. The molecule has 0 aromatic carbocycles. The molecule has 0 saturated carbocycles. The van der Waals surface area contributed by atoms with Gasteiger partial charge in [0.15, 0.2) is 0 Å². The Morgan fingerprint density at radius 1 is 1.50 bits per heavy atom.